The summed E-state index contributed by atoms with van der Waals surface area (Å²) in [5.41, 5.74) is 0.662. The van der Waals surface area contributed by atoms with Crippen LogP contribution in [0.5, 0.6) is 0 Å². The number of ether oxygens (including phenoxy) is 2. The van der Waals surface area contributed by atoms with Gasteiger partial charge in [0.05, 0.1) is 37.7 Å². The molecule has 3 fully saturated rings. The second-order valence-corrected chi connectivity index (χ2v) is 7.65. The fourth-order valence-corrected chi connectivity index (χ4v) is 4.30. The van der Waals surface area contributed by atoms with Gasteiger partial charge in [-0.25, -0.2) is 0 Å². The van der Waals surface area contributed by atoms with Crippen molar-refractivity contribution >= 4 is 5.91 Å². The fourth-order valence-electron chi connectivity index (χ4n) is 4.30. The highest BCUT2D eigenvalue weighted by Gasteiger charge is 2.47. The highest BCUT2D eigenvalue weighted by atomic mass is 16.6. The number of carbonyl (C=O) groups is 1. The second kappa shape index (κ2) is 7.09. The third-order valence-corrected chi connectivity index (χ3v) is 5.79. The van der Waals surface area contributed by atoms with Crippen molar-refractivity contribution in [2.75, 3.05) is 45.9 Å². The van der Waals surface area contributed by atoms with Crippen molar-refractivity contribution in [2.24, 2.45) is 0 Å². The Morgan fingerprint density at radius 3 is 2.96 bits per heavy atom. The molecule has 3 aliphatic rings. The smallest absolute Gasteiger partial charge is 0.289 e. The number of rotatable bonds is 5. The van der Waals surface area contributed by atoms with E-state index in [1.54, 1.807) is 6.26 Å². The van der Waals surface area contributed by atoms with E-state index in [0.29, 0.717) is 18.9 Å². The summed E-state index contributed by atoms with van der Waals surface area (Å²) >= 11 is 0. The Hall–Kier alpha value is -1.37. The van der Waals surface area contributed by atoms with Crippen molar-refractivity contribution in [3.63, 3.8) is 0 Å². The summed E-state index contributed by atoms with van der Waals surface area (Å²) in [6.07, 6.45) is 6.12. The van der Waals surface area contributed by atoms with Crippen LogP contribution < -0.4 is 0 Å². The summed E-state index contributed by atoms with van der Waals surface area (Å²) in [6.45, 7) is 8.11. The van der Waals surface area contributed by atoms with Gasteiger partial charge in [-0.15, -0.1) is 0 Å². The number of carbonyl (C=O) groups excluding carboxylic acids is 1. The summed E-state index contributed by atoms with van der Waals surface area (Å²) in [7, 11) is 0. The molecule has 0 N–H and O–H groups in total. The van der Waals surface area contributed by atoms with E-state index in [2.05, 4.69) is 4.90 Å². The van der Waals surface area contributed by atoms with E-state index >= 15 is 0 Å². The van der Waals surface area contributed by atoms with E-state index in [1.807, 2.05) is 17.9 Å². The Morgan fingerprint density at radius 1 is 1.36 bits per heavy atom. The SMILES string of the molecule is Cc1ccoc1C(=O)N1CC[C@]2(C[C@@H](OCCN3CCCC3)CO2)C1. The number of likely N-dealkylation sites (tertiary alicyclic amines) is 2. The highest BCUT2D eigenvalue weighted by Crippen LogP contribution is 2.37. The summed E-state index contributed by atoms with van der Waals surface area (Å²) in [4.78, 5) is 16.9. The number of furan rings is 1. The topological polar surface area (TPSA) is 55.2 Å². The van der Waals surface area contributed by atoms with Crippen LogP contribution in [-0.2, 0) is 9.47 Å². The lowest BCUT2D eigenvalue weighted by molar-refractivity contribution is 0.000819. The normalized spacial score (nSPS) is 30.0. The molecule has 3 saturated heterocycles. The minimum absolute atomic E-state index is 0.0265. The first-order valence-electron chi connectivity index (χ1n) is 9.47. The zero-order valence-corrected chi connectivity index (χ0v) is 15.0. The molecular formula is C19H28N2O4. The van der Waals surface area contributed by atoms with Crippen LogP contribution in [-0.4, -0.2) is 73.3 Å². The maximum Gasteiger partial charge on any atom is 0.289 e. The van der Waals surface area contributed by atoms with E-state index in [0.717, 1.165) is 38.1 Å². The van der Waals surface area contributed by atoms with Gasteiger partial charge in [0.2, 0.25) is 0 Å². The minimum atomic E-state index is -0.228. The van der Waals surface area contributed by atoms with E-state index in [-0.39, 0.29) is 17.6 Å². The van der Waals surface area contributed by atoms with E-state index < -0.39 is 0 Å². The highest BCUT2D eigenvalue weighted by molar-refractivity contribution is 5.93. The van der Waals surface area contributed by atoms with Gasteiger partial charge in [-0.2, -0.15) is 0 Å². The predicted octanol–water partition coefficient (Wildman–Crippen LogP) is 2.07. The number of amides is 1. The van der Waals surface area contributed by atoms with Crippen molar-refractivity contribution in [2.45, 2.75) is 44.3 Å². The third-order valence-electron chi connectivity index (χ3n) is 5.79. The molecule has 0 unspecified atom stereocenters. The van der Waals surface area contributed by atoms with Crippen LogP contribution in [0.15, 0.2) is 16.7 Å². The molecule has 0 aliphatic carbocycles. The van der Waals surface area contributed by atoms with Crippen LogP contribution in [0.3, 0.4) is 0 Å². The van der Waals surface area contributed by atoms with Gasteiger partial charge in [-0.3, -0.25) is 4.79 Å². The van der Waals surface area contributed by atoms with Gasteiger partial charge in [0.1, 0.15) is 0 Å². The first kappa shape index (κ1) is 17.1. The molecule has 0 saturated carbocycles. The molecule has 4 rings (SSSR count). The molecule has 138 valence electrons. The molecule has 6 nitrogen and oxygen atoms in total. The Bertz CT molecular complexity index is 610. The summed E-state index contributed by atoms with van der Waals surface area (Å²) in [5.74, 6) is 0.426. The number of nitrogens with zero attached hydrogens (tertiary/aromatic N) is 2. The molecule has 4 heterocycles. The molecule has 0 aromatic carbocycles. The van der Waals surface area contributed by atoms with Gasteiger partial charge in [0.15, 0.2) is 5.76 Å². The lowest BCUT2D eigenvalue weighted by Crippen LogP contribution is -2.36. The Kier molecular flexibility index (Phi) is 4.84. The van der Waals surface area contributed by atoms with Gasteiger partial charge in [-0.05, 0) is 45.3 Å². The summed E-state index contributed by atoms with van der Waals surface area (Å²) in [5, 5.41) is 0. The Balaban J connectivity index is 1.26. The molecule has 25 heavy (non-hydrogen) atoms. The standard InChI is InChI=1S/C19H28N2O4/c1-15-4-10-24-17(15)18(22)21-8-5-19(14-21)12-16(13-25-19)23-11-9-20-6-2-3-7-20/h4,10,16H,2-3,5-9,11-14H2,1H3/t16-,19+/m1/s1. The summed E-state index contributed by atoms with van der Waals surface area (Å²) in [6, 6.07) is 1.83. The molecule has 6 heteroatoms. The van der Waals surface area contributed by atoms with Gasteiger partial charge < -0.3 is 23.7 Å². The summed E-state index contributed by atoms with van der Waals surface area (Å²) < 4.78 is 17.5. The van der Waals surface area contributed by atoms with Crippen LogP contribution in [0.4, 0.5) is 0 Å². The van der Waals surface area contributed by atoms with Gasteiger partial charge in [0, 0.05) is 25.1 Å². The third kappa shape index (κ3) is 3.61. The molecule has 0 radical (unpaired) electrons. The fraction of sp³-hybridized carbons (Fsp3) is 0.737. The van der Waals surface area contributed by atoms with Crippen molar-refractivity contribution in [3.8, 4) is 0 Å². The largest absolute Gasteiger partial charge is 0.459 e. The maximum atomic E-state index is 12.6. The Morgan fingerprint density at radius 2 is 2.20 bits per heavy atom. The molecule has 1 spiro atoms. The average Bonchev–Trinajstić information content (AvgIpc) is 3.38. The molecule has 1 amide bonds. The second-order valence-electron chi connectivity index (χ2n) is 7.65. The van der Waals surface area contributed by atoms with Crippen LogP contribution in [0.1, 0.15) is 41.8 Å². The molecular weight excluding hydrogens is 320 g/mol. The van der Waals surface area contributed by atoms with Crippen LogP contribution in [0.25, 0.3) is 0 Å². The monoisotopic (exact) mass is 348 g/mol. The predicted molar refractivity (Wildman–Crippen MR) is 92.7 cm³/mol. The Labute approximate surface area is 149 Å². The van der Waals surface area contributed by atoms with E-state index in [1.165, 1.54) is 25.9 Å². The zero-order chi connectivity index (χ0) is 17.3. The molecule has 2 atom stereocenters. The maximum absolute atomic E-state index is 12.6. The molecule has 1 aromatic rings. The van der Waals surface area contributed by atoms with Crippen LogP contribution in [0, 0.1) is 6.92 Å². The van der Waals surface area contributed by atoms with Crippen LogP contribution in [0.2, 0.25) is 0 Å². The quantitative estimate of drug-likeness (QED) is 0.815. The lowest BCUT2D eigenvalue weighted by Gasteiger charge is -2.23. The first-order chi connectivity index (χ1) is 12.2. The minimum Gasteiger partial charge on any atom is -0.459 e. The molecule has 1 aromatic heterocycles. The lowest BCUT2D eigenvalue weighted by atomic mass is 9.98. The van der Waals surface area contributed by atoms with Gasteiger partial charge in [0.25, 0.3) is 5.91 Å². The van der Waals surface area contributed by atoms with Gasteiger partial charge in [-0.1, -0.05) is 0 Å². The van der Waals surface area contributed by atoms with Crippen molar-refractivity contribution in [1.29, 1.82) is 0 Å². The number of hydrogen-bond acceptors (Lipinski definition) is 5. The number of hydrogen-bond donors (Lipinski definition) is 0. The van der Waals surface area contributed by atoms with Crippen molar-refractivity contribution < 1.29 is 18.7 Å². The van der Waals surface area contributed by atoms with Crippen molar-refractivity contribution in [1.82, 2.24) is 9.80 Å². The molecule has 3 aliphatic heterocycles. The van der Waals surface area contributed by atoms with E-state index in [4.69, 9.17) is 13.9 Å². The zero-order valence-electron chi connectivity index (χ0n) is 15.0. The van der Waals surface area contributed by atoms with Crippen LogP contribution >= 0.6 is 0 Å². The molecule has 0 bridgehead atoms. The van der Waals surface area contributed by atoms with Crippen molar-refractivity contribution in [3.05, 3.63) is 23.7 Å². The van der Waals surface area contributed by atoms with Gasteiger partial charge >= 0.3 is 0 Å². The van der Waals surface area contributed by atoms with E-state index in [9.17, 15) is 4.79 Å². The number of aryl methyl sites for hydroxylation is 1. The average molecular weight is 348 g/mol. The first-order valence-corrected chi connectivity index (χ1v) is 9.47.